The van der Waals surface area contributed by atoms with Gasteiger partial charge >= 0.3 is 11.6 Å². The molecule has 0 saturated carbocycles. The molecule has 0 atom stereocenters. The van der Waals surface area contributed by atoms with Crippen molar-refractivity contribution in [2.45, 2.75) is 6.92 Å². The molecule has 1 aromatic heterocycles. The molecule has 6 nitrogen and oxygen atoms in total. The highest BCUT2D eigenvalue weighted by molar-refractivity contribution is 9.10. The number of nitrogens with one attached hydrogen (secondary N) is 1. The van der Waals surface area contributed by atoms with Gasteiger partial charge in [-0.3, -0.25) is 9.59 Å². The van der Waals surface area contributed by atoms with Crippen LogP contribution >= 0.6 is 15.9 Å². The standard InChI is InChI=1S/C14H12BrNO5/c1-2-20-12(17)7-16-13(18)10-6-8-5-9(15)3-4-11(8)21-14(10)19/h3-6H,2,7H2,1H3,(H,16,18). The molecular weight excluding hydrogens is 342 g/mol. The van der Waals surface area contributed by atoms with Gasteiger partial charge in [-0.1, -0.05) is 15.9 Å². The summed E-state index contributed by atoms with van der Waals surface area (Å²) in [7, 11) is 0. The van der Waals surface area contributed by atoms with Gasteiger partial charge in [0.05, 0.1) is 6.61 Å². The second-order valence-electron chi connectivity index (χ2n) is 4.12. The first-order valence-electron chi connectivity index (χ1n) is 6.18. The van der Waals surface area contributed by atoms with E-state index in [1.807, 2.05) is 0 Å². The predicted octanol–water partition coefficient (Wildman–Crippen LogP) is 1.85. The summed E-state index contributed by atoms with van der Waals surface area (Å²) in [6, 6.07) is 6.50. The summed E-state index contributed by atoms with van der Waals surface area (Å²) in [5, 5.41) is 2.92. The highest BCUT2D eigenvalue weighted by atomic mass is 79.9. The fourth-order valence-corrected chi connectivity index (χ4v) is 2.09. The fraction of sp³-hybridized carbons (Fsp3) is 0.214. The molecule has 0 fully saturated rings. The van der Waals surface area contributed by atoms with E-state index in [0.717, 1.165) is 4.47 Å². The van der Waals surface area contributed by atoms with Crippen molar-refractivity contribution in [3.63, 3.8) is 0 Å². The maximum atomic E-state index is 11.9. The molecule has 7 heteroatoms. The second-order valence-corrected chi connectivity index (χ2v) is 5.03. The Bertz CT molecular complexity index is 753. The summed E-state index contributed by atoms with van der Waals surface area (Å²) in [5.41, 5.74) is -0.541. The van der Waals surface area contributed by atoms with Crippen molar-refractivity contribution in [2.24, 2.45) is 0 Å². The van der Waals surface area contributed by atoms with Crippen LogP contribution in [-0.4, -0.2) is 25.0 Å². The van der Waals surface area contributed by atoms with Crippen molar-refractivity contribution in [2.75, 3.05) is 13.2 Å². The third-order valence-electron chi connectivity index (χ3n) is 2.64. The number of halogens is 1. The Hall–Kier alpha value is -2.15. The van der Waals surface area contributed by atoms with E-state index in [4.69, 9.17) is 4.42 Å². The SMILES string of the molecule is CCOC(=O)CNC(=O)c1cc2cc(Br)ccc2oc1=O. The summed E-state index contributed by atoms with van der Waals surface area (Å²) >= 11 is 3.30. The molecule has 2 aromatic rings. The molecular formula is C14H12BrNO5. The van der Waals surface area contributed by atoms with E-state index < -0.39 is 17.5 Å². The maximum absolute atomic E-state index is 11.9. The molecule has 1 N–H and O–H groups in total. The largest absolute Gasteiger partial charge is 0.465 e. The lowest BCUT2D eigenvalue weighted by molar-refractivity contribution is -0.141. The molecule has 1 heterocycles. The third-order valence-corrected chi connectivity index (χ3v) is 3.13. The van der Waals surface area contributed by atoms with Crippen molar-refractivity contribution in [1.82, 2.24) is 5.32 Å². The average molecular weight is 354 g/mol. The molecule has 1 amide bonds. The molecule has 0 aliphatic heterocycles. The van der Waals surface area contributed by atoms with Gasteiger partial charge in [0.15, 0.2) is 0 Å². The molecule has 0 spiro atoms. The molecule has 1 aromatic carbocycles. The minimum atomic E-state index is -0.758. The Morgan fingerprint density at radius 1 is 1.33 bits per heavy atom. The van der Waals surface area contributed by atoms with Crippen LogP contribution in [0, 0.1) is 0 Å². The first kappa shape index (κ1) is 15.2. The molecule has 0 radical (unpaired) electrons. The minimum Gasteiger partial charge on any atom is -0.465 e. The van der Waals surface area contributed by atoms with E-state index in [2.05, 4.69) is 26.0 Å². The summed E-state index contributed by atoms with van der Waals surface area (Å²) in [6.07, 6.45) is 0. The highest BCUT2D eigenvalue weighted by Gasteiger charge is 2.15. The van der Waals surface area contributed by atoms with Crippen LogP contribution in [-0.2, 0) is 9.53 Å². The topological polar surface area (TPSA) is 85.6 Å². The molecule has 0 aliphatic carbocycles. The first-order valence-corrected chi connectivity index (χ1v) is 6.97. The number of carbonyl (C=O) groups excluding carboxylic acids is 2. The monoisotopic (exact) mass is 353 g/mol. The van der Waals surface area contributed by atoms with E-state index >= 15 is 0 Å². The van der Waals surface area contributed by atoms with E-state index in [9.17, 15) is 14.4 Å². The van der Waals surface area contributed by atoms with E-state index in [0.29, 0.717) is 11.0 Å². The van der Waals surface area contributed by atoms with Crippen LogP contribution in [0.4, 0.5) is 0 Å². The van der Waals surface area contributed by atoms with E-state index in [-0.39, 0.29) is 18.7 Å². The molecule has 2 rings (SSSR count). The Kier molecular flexibility index (Phi) is 4.74. The molecule has 0 bridgehead atoms. The maximum Gasteiger partial charge on any atom is 0.349 e. The predicted molar refractivity (Wildman–Crippen MR) is 79.2 cm³/mol. The van der Waals surface area contributed by atoms with Crippen LogP contribution in [0.5, 0.6) is 0 Å². The Morgan fingerprint density at radius 3 is 2.81 bits per heavy atom. The number of esters is 1. The number of carbonyl (C=O) groups is 2. The molecule has 0 saturated heterocycles. The van der Waals surface area contributed by atoms with Gasteiger partial charge in [-0.25, -0.2) is 4.79 Å². The van der Waals surface area contributed by atoms with Crippen LogP contribution in [0.2, 0.25) is 0 Å². The van der Waals surface area contributed by atoms with Crippen LogP contribution in [0.3, 0.4) is 0 Å². The van der Waals surface area contributed by atoms with Gasteiger partial charge in [0.2, 0.25) is 0 Å². The van der Waals surface area contributed by atoms with Crippen LogP contribution in [0.1, 0.15) is 17.3 Å². The first-order chi connectivity index (χ1) is 10.0. The molecule has 0 aliphatic rings. The smallest absolute Gasteiger partial charge is 0.349 e. The van der Waals surface area contributed by atoms with E-state index in [1.54, 1.807) is 25.1 Å². The Balaban J connectivity index is 2.24. The van der Waals surface area contributed by atoms with Crippen LogP contribution in [0.25, 0.3) is 11.0 Å². The average Bonchev–Trinajstić information content (AvgIpc) is 2.45. The van der Waals surface area contributed by atoms with Gasteiger partial charge in [0.25, 0.3) is 5.91 Å². The normalized spacial score (nSPS) is 10.4. The van der Waals surface area contributed by atoms with E-state index in [1.165, 1.54) is 6.07 Å². The Morgan fingerprint density at radius 2 is 2.10 bits per heavy atom. The highest BCUT2D eigenvalue weighted by Crippen LogP contribution is 2.19. The number of amides is 1. The third kappa shape index (κ3) is 3.69. The van der Waals surface area contributed by atoms with Gasteiger partial charge in [0, 0.05) is 9.86 Å². The Labute approximate surface area is 128 Å². The number of fused-ring (bicyclic) bond motifs is 1. The van der Waals surface area contributed by atoms with Crippen molar-refractivity contribution in [3.05, 3.63) is 44.7 Å². The molecule has 0 unspecified atom stereocenters. The summed E-state index contributed by atoms with van der Waals surface area (Å²) in [4.78, 5) is 34.9. The van der Waals surface area contributed by atoms with Gasteiger partial charge in [-0.15, -0.1) is 0 Å². The zero-order valence-electron chi connectivity index (χ0n) is 11.1. The van der Waals surface area contributed by atoms with Gasteiger partial charge in [0.1, 0.15) is 17.7 Å². The number of rotatable bonds is 4. The second kappa shape index (κ2) is 6.53. The molecule has 110 valence electrons. The lowest BCUT2D eigenvalue weighted by Crippen LogP contribution is -2.33. The van der Waals surface area contributed by atoms with Crippen LogP contribution < -0.4 is 10.9 Å². The minimum absolute atomic E-state index is 0.162. The van der Waals surface area contributed by atoms with Gasteiger partial charge < -0.3 is 14.5 Å². The number of hydrogen-bond acceptors (Lipinski definition) is 5. The lowest BCUT2D eigenvalue weighted by Gasteiger charge is -2.05. The molecule has 21 heavy (non-hydrogen) atoms. The van der Waals surface area contributed by atoms with Crippen LogP contribution in [0.15, 0.2) is 37.9 Å². The number of hydrogen-bond donors (Lipinski definition) is 1. The van der Waals surface area contributed by atoms with Gasteiger partial charge in [-0.05, 0) is 31.2 Å². The van der Waals surface area contributed by atoms with Gasteiger partial charge in [-0.2, -0.15) is 0 Å². The number of ether oxygens (including phenoxy) is 1. The fourth-order valence-electron chi connectivity index (χ4n) is 1.71. The number of benzene rings is 1. The quantitative estimate of drug-likeness (QED) is 0.669. The zero-order valence-corrected chi connectivity index (χ0v) is 12.7. The summed E-state index contributed by atoms with van der Waals surface area (Å²) < 4.78 is 10.5. The lowest BCUT2D eigenvalue weighted by atomic mass is 10.2. The summed E-state index contributed by atoms with van der Waals surface area (Å²) in [6.45, 7) is 1.58. The van der Waals surface area contributed by atoms with Crippen molar-refractivity contribution < 1.29 is 18.7 Å². The van der Waals surface area contributed by atoms with Crippen molar-refractivity contribution in [3.8, 4) is 0 Å². The van der Waals surface area contributed by atoms with Crippen molar-refractivity contribution >= 4 is 38.8 Å². The summed E-state index contributed by atoms with van der Waals surface area (Å²) in [5.74, 6) is -1.25. The zero-order chi connectivity index (χ0) is 15.4. The van der Waals surface area contributed by atoms with Crippen molar-refractivity contribution in [1.29, 1.82) is 0 Å².